The first-order valence-electron chi connectivity index (χ1n) is 7.55. The normalized spacial score (nSPS) is 26.3. The van der Waals surface area contributed by atoms with Crippen LogP contribution < -0.4 is 5.73 Å². The number of hydrogen-bond donors (Lipinski definition) is 1. The summed E-state index contributed by atoms with van der Waals surface area (Å²) in [5, 5.41) is 0. The smallest absolute Gasteiger partial charge is 0.228 e. The fraction of sp³-hybridized carbons (Fsp3) is 0.933. The summed E-state index contributed by atoms with van der Waals surface area (Å²) in [6.07, 6.45) is 7.81. The van der Waals surface area contributed by atoms with Crippen LogP contribution >= 0.6 is 0 Å². The molecule has 1 heterocycles. The standard InChI is InChI=1S/C15H28N2O/c1-3-15(6-4-5-7-15)13(18)17-10-8-14(2,12-16)9-11-17/h3-12,16H2,1-2H3. The molecule has 1 saturated carbocycles. The van der Waals surface area contributed by atoms with Gasteiger partial charge in [0, 0.05) is 18.5 Å². The van der Waals surface area contributed by atoms with Crippen molar-refractivity contribution in [3.8, 4) is 0 Å². The van der Waals surface area contributed by atoms with Crippen LogP contribution in [0.2, 0.25) is 0 Å². The molecule has 0 aromatic rings. The van der Waals surface area contributed by atoms with Gasteiger partial charge in [-0.2, -0.15) is 0 Å². The third-order valence-corrected chi connectivity index (χ3v) is 5.44. The van der Waals surface area contributed by atoms with Crippen LogP contribution in [-0.2, 0) is 4.79 Å². The van der Waals surface area contributed by atoms with Gasteiger partial charge in [0.1, 0.15) is 0 Å². The molecule has 0 spiro atoms. The van der Waals surface area contributed by atoms with Gasteiger partial charge in [-0.25, -0.2) is 0 Å². The van der Waals surface area contributed by atoms with Crippen LogP contribution in [0, 0.1) is 10.8 Å². The molecule has 1 saturated heterocycles. The molecule has 2 aliphatic rings. The summed E-state index contributed by atoms with van der Waals surface area (Å²) in [6.45, 7) is 6.99. The maximum absolute atomic E-state index is 12.7. The highest BCUT2D eigenvalue weighted by Crippen LogP contribution is 2.43. The van der Waals surface area contributed by atoms with E-state index in [4.69, 9.17) is 5.73 Å². The summed E-state index contributed by atoms with van der Waals surface area (Å²) < 4.78 is 0. The minimum Gasteiger partial charge on any atom is -0.342 e. The third kappa shape index (κ3) is 2.42. The number of carbonyl (C=O) groups is 1. The topological polar surface area (TPSA) is 46.3 Å². The quantitative estimate of drug-likeness (QED) is 0.839. The van der Waals surface area contributed by atoms with Crippen molar-refractivity contribution < 1.29 is 4.79 Å². The van der Waals surface area contributed by atoms with Crippen LogP contribution in [0.15, 0.2) is 0 Å². The molecule has 2 N–H and O–H groups in total. The summed E-state index contributed by atoms with van der Waals surface area (Å²) in [7, 11) is 0. The molecule has 1 aliphatic heterocycles. The molecule has 3 nitrogen and oxygen atoms in total. The van der Waals surface area contributed by atoms with E-state index in [0.717, 1.165) is 51.7 Å². The summed E-state index contributed by atoms with van der Waals surface area (Å²) >= 11 is 0. The second-order valence-electron chi connectivity index (χ2n) is 6.65. The lowest BCUT2D eigenvalue weighted by Crippen LogP contribution is -2.49. The Morgan fingerprint density at radius 2 is 1.72 bits per heavy atom. The maximum atomic E-state index is 12.7. The molecular formula is C15H28N2O. The van der Waals surface area contributed by atoms with Crippen molar-refractivity contribution >= 4 is 5.91 Å². The number of amides is 1. The van der Waals surface area contributed by atoms with E-state index in [1.54, 1.807) is 0 Å². The Labute approximate surface area is 111 Å². The molecule has 2 fully saturated rings. The number of carbonyl (C=O) groups excluding carboxylic acids is 1. The third-order valence-electron chi connectivity index (χ3n) is 5.44. The fourth-order valence-corrected chi connectivity index (χ4v) is 3.56. The average molecular weight is 252 g/mol. The fourth-order valence-electron chi connectivity index (χ4n) is 3.56. The Bertz CT molecular complexity index is 300. The van der Waals surface area contributed by atoms with Crippen LogP contribution in [0.1, 0.15) is 58.8 Å². The largest absolute Gasteiger partial charge is 0.342 e. The Balaban J connectivity index is 1.99. The van der Waals surface area contributed by atoms with Crippen LogP contribution in [0.3, 0.4) is 0 Å². The number of nitrogens with zero attached hydrogens (tertiary/aromatic N) is 1. The van der Waals surface area contributed by atoms with Gasteiger partial charge in [0.25, 0.3) is 0 Å². The molecule has 0 atom stereocenters. The second kappa shape index (κ2) is 5.20. The number of hydrogen-bond acceptors (Lipinski definition) is 2. The van der Waals surface area contributed by atoms with Gasteiger partial charge in [-0.1, -0.05) is 26.7 Å². The Morgan fingerprint density at radius 1 is 1.17 bits per heavy atom. The van der Waals surface area contributed by atoms with Crippen molar-refractivity contribution in [2.45, 2.75) is 58.8 Å². The molecule has 1 amide bonds. The van der Waals surface area contributed by atoms with Crippen molar-refractivity contribution in [2.24, 2.45) is 16.6 Å². The summed E-state index contributed by atoms with van der Waals surface area (Å²) in [5.41, 5.74) is 6.07. The molecule has 3 heteroatoms. The first-order valence-corrected chi connectivity index (χ1v) is 7.55. The summed E-state index contributed by atoms with van der Waals surface area (Å²) in [5.74, 6) is 0.432. The second-order valence-corrected chi connectivity index (χ2v) is 6.65. The van der Waals surface area contributed by atoms with Gasteiger partial charge in [0.05, 0.1) is 0 Å². The number of nitrogens with two attached hydrogens (primary N) is 1. The molecule has 1 aliphatic carbocycles. The molecule has 0 radical (unpaired) electrons. The van der Waals surface area contributed by atoms with E-state index in [1.165, 1.54) is 12.8 Å². The minimum absolute atomic E-state index is 0.0174. The van der Waals surface area contributed by atoms with Crippen LogP contribution in [0.4, 0.5) is 0 Å². The SMILES string of the molecule is CCC1(C(=O)N2CCC(C)(CN)CC2)CCCC1. The Kier molecular flexibility index (Phi) is 4.00. The lowest BCUT2D eigenvalue weighted by atomic mass is 9.78. The molecule has 104 valence electrons. The van der Waals surface area contributed by atoms with Crippen molar-refractivity contribution in [1.29, 1.82) is 0 Å². The average Bonchev–Trinajstić information content (AvgIpc) is 2.89. The van der Waals surface area contributed by atoms with Crippen molar-refractivity contribution in [3.63, 3.8) is 0 Å². The molecular weight excluding hydrogens is 224 g/mol. The van der Waals surface area contributed by atoms with Crippen LogP contribution in [0.5, 0.6) is 0 Å². The summed E-state index contributed by atoms with van der Waals surface area (Å²) in [6, 6.07) is 0. The van der Waals surface area contributed by atoms with Gasteiger partial charge in [0.2, 0.25) is 5.91 Å². The minimum atomic E-state index is -0.0174. The van der Waals surface area contributed by atoms with E-state index in [1.807, 2.05) is 0 Å². The van der Waals surface area contributed by atoms with Gasteiger partial charge < -0.3 is 10.6 Å². The monoisotopic (exact) mass is 252 g/mol. The molecule has 0 unspecified atom stereocenters. The van der Waals surface area contributed by atoms with E-state index in [9.17, 15) is 4.79 Å². The van der Waals surface area contributed by atoms with Gasteiger partial charge in [-0.05, 0) is 44.1 Å². The molecule has 0 aromatic heterocycles. The lowest BCUT2D eigenvalue weighted by molar-refractivity contribution is -0.144. The van der Waals surface area contributed by atoms with E-state index in [2.05, 4.69) is 18.7 Å². The maximum Gasteiger partial charge on any atom is 0.228 e. The zero-order chi connectivity index (χ0) is 13.2. The molecule has 2 rings (SSSR count). The van der Waals surface area contributed by atoms with E-state index < -0.39 is 0 Å². The predicted molar refractivity (Wildman–Crippen MR) is 74.2 cm³/mol. The Hall–Kier alpha value is -0.570. The predicted octanol–water partition coefficient (Wildman–Crippen LogP) is 2.54. The van der Waals surface area contributed by atoms with Gasteiger partial charge in [0.15, 0.2) is 0 Å². The molecule has 0 aromatic carbocycles. The zero-order valence-corrected chi connectivity index (χ0v) is 12.0. The highest BCUT2D eigenvalue weighted by atomic mass is 16.2. The van der Waals surface area contributed by atoms with Crippen LogP contribution in [-0.4, -0.2) is 30.4 Å². The van der Waals surface area contributed by atoms with E-state index in [0.29, 0.717) is 5.91 Å². The summed E-state index contributed by atoms with van der Waals surface area (Å²) in [4.78, 5) is 14.9. The first kappa shape index (κ1) is 13.9. The van der Waals surface area contributed by atoms with Crippen molar-refractivity contribution in [1.82, 2.24) is 4.90 Å². The number of piperidine rings is 1. The Morgan fingerprint density at radius 3 is 2.17 bits per heavy atom. The van der Waals surface area contributed by atoms with Crippen molar-refractivity contribution in [2.75, 3.05) is 19.6 Å². The van der Waals surface area contributed by atoms with Crippen molar-refractivity contribution in [3.05, 3.63) is 0 Å². The van der Waals surface area contributed by atoms with E-state index in [-0.39, 0.29) is 10.8 Å². The number of rotatable bonds is 3. The zero-order valence-electron chi connectivity index (χ0n) is 12.0. The lowest BCUT2D eigenvalue weighted by Gasteiger charge is -2.42. The van der Waals surface area contributed by atoms with Crippen LogP contribution in [0.25, 0.3) is 0 Å². The molecule has 18 heavy (non-hydrogen) atoms. The van der Waals surface area contributed by atoms with Gasteiger partial charge in [-0.3, -0.25) is 4.79 Å². The number of likely N-dealkylation sites (tertiary alicyclic amines) is 1. The first-order chi connectivity index (χ1) is 8.55. The highest BCUT2D eigenvalue weighted by Gasteiger charge is 2.43. The van der Waals surface area contributed by atoms with Gasteiger partial charge in [-0.15, -0.1) is 0 Å². The molecule has 0 bridgehead atoms. The van der Waals surface area contributed by atoms with Gasteiger partial charge >= 0.3 is 0 Å². The van der Waals surface area contributed by atoms with E-state index >= 15 is 0 Å². The highest BCUT2D eigenvalue weighted by molar-refractivity contribution is 5.83.